The van der Waals surface area contributed by atoms with E-state index in [1.165, 1.54) is 4.90 Å². The first kappa shape index (κ1) is 14.3. The molecule has 1 aliphatic rings. The molecule has 0 spiro atoms. The largest absolute Gasteiger partial charge is 0.377 e. The number of nitrogens with zero attached hydrogens (tertiary/aromatic N) is 1. The SMILES string of the molecule is CC(C)NC(=O)C1COCCN1C(=O)C(C)Cl. The molecule has 1 fully saturated rings. The normalized spacial score (nSPS) is 22.4. The minimum Gasteiger partial charge on any atom is -0.377 e. The van der Waals surface area contributed by atoms with Crippen molar-refractivity contribution in [3.05, 3.63) is 0 Å². The van der Waals surface area contributed by atoms with Gasteiger partial charge in [0, 0.05) is 12.6 Å². The van der Waals surface area contributed by atoms with Crippen molar-refractivity contribution in [2.75, 3.05) is 19.8 Å². The Hall–Kier alpha value is -0.810. The monoisotopic (exact) mass is 262 g/mol. The van der Waals surface area contributed by atoms with Crippen LogP contribution in [-0.2, 0) is 14.3 Å². The first-order valence-corrected chi connectivity index (χ1v) is 6.19. The second-order valence-electron chi connectivity index (χ2n) is 4.40. The second kappa shape index (κ2) is 6.21. The highest BCUT2D eigenvalue weighted by Crippen LogP contribution is 2.11. The molecule has 1 heterocycles. The molecule has 17 heavy (non-hydrogen) atoms. The number of morpholine rings is 1. The molecule has 0 aromatic heterocycles. The van der Waals surface area contributed by atoms with Crippen LogP contribution in [0, 0.1) is 0 Å². The molecule has 1 N–H and O–H groups in total. The Morgan fingerprint density at radius 1 is 1.41 bits per heavy atom. The van der Waals surface area contributed by atoms with E-state index in [-0.39, 0.29) is 24.5 Å². The predicted molar refractivity (Wildman–Crippen MR) is 64.9 cm³/mol. The average Bonchev–Trinajstić information content (AvgIpc) is 2.27. The Bertz CT molecular complexity index is 294. The van der Waals surface area contributed by atoms with Crippen LogP contribution in [0.25, 0.3) is 0 Å². The van der Waals surface area contributed by atoms with Crippen molar-refractivity contribution in [2.24, 2.45) is 0 Å². The second-order valence-corrected chi connectivity index (χ2v) is 5.06. The van der Waals surface area contributed by atoms with Crippen LogP contribution in [-0.4, -0.2) is 53.9 Å². The van der Waals surface area contributed by atoms with Crippen molar-refractivity contribution in [3.63, 3.8) is 0 Å². The third kappa shape index (κ3) is 3.85. The molecule has 0 aromatic carbocycles. The van der Waals surface area contributed by atoms with E-state index in [9.17, 15) is 9.59 Å². The smallest absolute Gasteiger partial charge is 0.245 e. The number of carbonyl (C=O) groups is 2. The van der Waals surface area contributed by atoms with Crippen LogP contribution in [0.4, 0.5) is 0 Å². The minimum atomic E-state index is -0.623. The van der Waals surface area contributed by atoms with E-state index < -0.39 is 11.4 Å². The molecule has 0 radical (unpaired) electrons. The van der Waals surface area contributed by atoms with E-state index in [4.69, 9.17) is 16.3 Å². The Kier molecular flexibility index (Phi) is 5.21. The third-order valence-electron chi connectivity index (χ3n) is 2.49. The van der Waals surface area contributed by atoms with E-state index >= 15 is 0 Å². The number of ether oxygens (including phenoxy) is 1. The molecule has 1 saturated heterocycles. The highest BCUT2D eigenvalue weighted by Gasteiger charge is 2.34. The Balaban J connectivity index is 2.72. The molecule has 2 atom stereocenters. The van der Waals surface area contributed by atoms with Crippen molar-refractivity contribution < 1.29 is 14.3 Å². The lowest BCUT2D eigenvalue weighted by Crippen LogP contribution is -2.58. The van der Waals surface area contributed by atoms with E-state index in [0.29, 0.717) is 13.2 Å². The lowest BCUT2D eigenvalue weighted by atomic mass is 10.2. The summed E-state index contributed by atoms with van der Waals surface area (Å²) >= 11 is 5.77. The molecule has 1 rings (SSSR count). The summed E-state index contributed by atoms with van der Waals surface area (Å²) in [5.41, 5.74) is 0. The van der Waals surface area contributed by atoms with Gasteiger partial charge in [-0.25, -0.2) is 0 Å². The van der Waals surface area contributed by atoms with Crippen molar-refractivity contribution in [1.82, 2.24) is 10.2 Å². The molecular formula is C11H19ClN2O3. The van der Waals surface area contributed by atoms with Crippen molar-refractivity contribution in [2.45, 2.75) is 38.2 Å². The fourth-order valence-corrected chi connectivity index (χ4v) is 1.82. The van der Waals surface area contributed by atoms with E-state index in [2.05, 4.69) is 5.32 Å². The topological polar surface area (TPSA) is 58.6 Å². The number of hydrogen-bond donors (Lipinski definition) is 1. The van der Waals surface area contributed by atoms with E-state index in [1.807, 2.05) is 13.8 Å². The first-order valence-electron chi connectivity index (χ1n) is 5.76. The summed E-state index contributed by atoms with van der Waals surface area (Å²) in [4.78, 5) is 25.3. The number of alkyl halides is 1. The molecule has 2 amide bonds. The summed E-state index contributed by atoms with van der Waals surface area (Å²) < 4.78 is 5.25. The maximum absolute atomic E-state index is 11.9. The summed E-state index contributed by atoms with van der Waals surface area (Å²) in [7, 11) is 0. The third-order valence-corrected chi connectivity index (χ3v) is 2.67. The quantitative estimate of drug-likeness (QED) is 0.748. The van der Waals surface area contributed by atoms with E-state index in [0.717, 1.165) is 0 Å². The fourth-order valence-electron chi connectivity index (χ4n) is 1.69. The molecule has 98 valence electrons. The van der Waals surface area contributed by atoms with Gasteiger partial charge in [-0.2, -0.15) is 0 Å². The minimum absolute atomic E-state index is 0.0369. The zero-order valence-corrected chi connectivity index (χ0v) is 11.2. The molecule has 6 heteroatoms. The maximum Gasteiger partial charge on any atom is 0.245 e. The summed E-state index contributed by atoms with van der Waals surface area (Å²) in [5, 5.41) is 2.16. The van der Waals surface area contributed by atoms with Crippen LogP contribution in [0.3, 0.4) is 0 Å². The van der Waals surface area contributed by atoms with Crippen LogP contribution < -0.4 is 5.32 Å². The zero-order chi connectivity index (χ0) is 13.0. The predicted octanol–water partition coefficient (Wildman–Crippen LogP) is 0.366. The van der Waals surface area contributed by atoms with Gasteiger partial charge in [-0.05, 0) is 20.8 Å². The van der Waals surface area contributed by atoms with Crippen molar-refractivity contribution in [1.29, 1.82) is 0 Å². The zero-order valence-electron chi connectivity index (χ0n) is 10.4. The number of hydrogen-bond acceptors (Lipinski definition) is 3. The Morgan fingerprint density at radius 3 is 2.59 bits per heavy atom. The van der Waals surface area contributed by atoms with Gasteiger partial charge in [0.1, 0.15) is 11.4 Å². The summed E-state index contributed by atoms with van der Waals surface area (Å²) in [5.74, 6) is -0.413. The fraction of sp³-hybridized carbons (Fsp3) is 0.818. The van der Waals surface area contributed by atoms with Gasteiger partial charge in [0.25, 0.3) is 0 Å². The van der Waals surface area contributed by atoms with Gasteiger partial charge in [-0.3, -0.25) is 9.59 Å². The molecule has 1 aliphatic heterocycles. The number of amides is 2. The van der Waals surface area contributed by atoms with Crippen LogP contribution in [0.2, 0.25) is 0 Å². The van der Waals surface area contributed by atoms with Gasteiger partial charge in [0.05, 0.1) is 13.2 Å². The lowest BCUT2D eigenvalue weighted by Gasteiger charge is -2.35. The number of halogens is 1. The molecule has 0 saturated carbocycles. The van der Waals surface area contributed by atoms with Gasteiger partial charge in [-0.1, -0.05) is 0 Å². The van der Waals surface area contributed by atoms with Gasteiger partial charge in [0.2, 0.25) is 11.8 Å². The van der Waals surface area contributed by atoms with Crippen molar-refractivity contribution >= 4 is 23.4 Å². The van der Waals surface area contributed by atoms with Gasteiger partial charge < -0.3 is 15.0 Å². The Labute approximate surface area is 106 Å². The maximum atomic E-state index is 11.9. The lowest BCUT2D eigenvalue weighted by molar-refractivity contribution is -0.148. The van der Waals surface area contributed by atoms with E-state index in [1.54, 1.807) is 6.92 Å². The van der Waals surface area contributed by atoms with Crippen LogP contribution in [0.5, 0.6) is 0 Å². The summed E-state index contributed by atoms with van der Waals surface area (Å²) in [6.07, 6.45) is 0. The summed E-state index contributed by atoms with van der Waals surface area (Å²) in [6.45, 7) is 6.44. The van der Waals surface area contributed by atoms with Crippen LogP contribution in [0.15, 0.2) is 0 Å². The standard InChI is InChI=1S/C11H19ClN2O3/c1-7(2)13-10(15)9-6-17-5-4-14(9)11(16)8(3)12/h7-9H,4-6H2,1-3H3,(H,13,15). The van der Waals surface area contributed by atoms with Crippen molar-refractivity contribution in [3.8, 4) is 0 Å². The highest BCUT2D eigenvalue weighted by molar-refractivity contribution is 6.30. The molecule has 0 aromatic rings. The van der Waals surface area contributed by atoms with Crippen LogP contribution >= 0.6 is 11.6 Å². The number of rotatable bonds is 3. The van der Waals surface area contributed by atoms with Gasteiger partial charge in [0.15, 0.2) is 0 Å². The molecule has 0 aliphatic carbocycles. The van der Waals surface area contributed by atoms with Gasteiger partial charge >= 0.3 is 0 Å². The van der Waals surface area contributed by atoms with Gasteiger partial charge in [-0.15, -0.1) is 11.6 Å². The molecule has 5 nitrogen and oxygen atoms in total. The summed E-state index contributed by atoms with van der Waals surface area (Å²) in [6, 6.07) is -0.533. The van der Waals surface area contributed by atoms with Crippen LogP contribution in [0.1, 0.15) is 20.8 Å². The molecular weight excluding hydrogens is 244 g/mol. The Morgan fingerprint density at radius 2 is 2.06 bits per heavy atom. The average molecular weight is 263 g/mol. The highest BCUT2D eigenvalue weighted by atomic mass is 35.5. The number of nitrogens with one attached hydrogen (secondary N) is 1. The first-order chi connectivity index (χ1) is 7.93. The number of carbonyl (C=O) groups excluding carboxylic acids is 2. The molecule has 0 bridgehead atoms. The molecule has 2 unspecified atom stereocenters.